The second-order valence-electron chi connectivity index (χ2n) is 8.01. The minimum Gasteiger partial charge on any atom is -0.463 e. The van der Waals surface area contributed by atoms with Gasteiger partial charge in [0, 0.05) is 0 Å². The van der Waals surface area contributed by atoms with Crippen LogP contribution in [0, 0.1) is 24.2 Å². The number of ether oxygens (including phenoxy) is 3. The molecule has 1 saturated heterocycles. The Kier molecular flexibility index (Phi) is 6.23. The maximum absolute atomic E-state index is 16.2. The van der Waals surface area contributed by atoms with Gasteiger partial charge < -0.3 is 19.9 Å². The molecule has 0 unspecified atom stereocenters. The number of nitrogens with zero attached hydrogens (tertiary/aromatic N) is 3. The third kappa shape index (κ3) is 4.03. The lowest BCUT2D eigenvalue weighted by Crippen LogP contribution is -2.46. The van der Waals surface area contributed by atoms with E-state index in [1.807, 2.05) is 5.92 Å². The van der Waals surface area contributed by atoms with Crippen molar-refractivity contribution in [2.45, 2.75) is 51.8 Å². The summed E-state index contributed by atoms with van der Waals surface area (Å²) in [7, 11) is 0. The average Bonchev–Trinajstić information content (AvgIpc) is 3.25. The van der Waals surface area contributed by atoms with Gasteiger partial charge in [0.2, 0.25) is 5.95 Å². The number of fused-ring (bicyclic) bond motifs is 1. The number of esters is 2. The monoisotopic (exact) mass is 449 g/mol. The Morgan fingerprint density at radius 2 is 2.03 bits per heavy atom. The number of nitrogen functional groups attached to an aromatic ring is 1. The molecule has 1 aliphatic heterocycles. The van der Waals surface area contributed by atoms with E-state index in [1.54, 1.807) is 27.7 Å². The predicted octanol–water partition coefficient (Wildman–Crippen LogP) is 0.708. The van der Waals surface area contributed by atoms with Crippen LogP contribution in [0.4, 0.5) is 10.3 Å². The molecule has 0 aliphatic carbocycles. The number of H-pyrrole nitrogens is 1. The molecule has 0 aromatic carbocycles. The molecule has 1 fully saturated rings. The van der Waals surface area contributed by atoms with E-state index in [4.69, 9.17) is 26.4 Å². The van der Waals surface area contributed by atoms with Crippen molar-refractivity contribution < 1.29 is 28.2 Å². The van der Waals surface area contributed by atoms with Gasteiger partial charge in [0.15, 0.2) is 23.5 Å². The molecule has 2 aromatic heterocycles. The molecule has 2 aromatic rings. The molecule has 0 bridgehead atoms. The molecule has 11 nitrogen and oxygen atoms in total. The van der Waals surface area contributed by atoms with E-state index >= 15 is 4.39 Å². The number of nitrogens with two attached hydrogens (primary N) is 1. The van der Waals surface area contributed by atoms with E-state index in [1.165, 1.54) is 0 Å². The number of terminal acetylenes is 1. The number of anilines is 1. The molecule has 172 valence electrons. The van der Waals surface area contributed by atoms with Gasteiger partial charge in [0.1, 0.15) is 12.7 Å². The molecule has 3 N–H and O–H groups in total. The van der Waals surface area contributed by atoms with E-state index in [0.717, 1.165) is 10.9 Å². The highest BCUT2D eigenvalue weighted by Crippen LogP contribution is 2.44. The molecule has 0 saturated carbocycles. The fourth-order valence-corrected chi connectivity index (χ4v) is 3.16. The minimum atomic E-state index is -2.70. The topological polar surface area (TPSA) is 151 Å². The lowest BCUT2D eigenvalue weighted by molar-refractivity contribution is -0.164. The van der Waals surface area contributed by atoms with Gasteiger partial charge in [0.05, 0.1) is 18.2 Å². The average molecular weight is 449 g/mol. The van der Waals surface area contributed by atoms with Crippen LogP contribution in [0.5, 0.6) is 0 Å². The second-order valence-corrected chi connectivity index (χ2v) is 8.01. The molecule has 3 heterocycles. The van der Waals surface area contributed by atoms with Crippen molar-refractivity contribution in [1.82, 2.24) is 19.5 Å². The van der Waals surface area contributed by atoms with Crippen molar-refractivity contribution in [2.24, 2.45) is 11.8 Å². The zero-order valence-corrected chi connectivity index (χ0v) is 18.0. The Balaban J connectivity index is 2.05. The number of hydrogen-bond donors (Lipinski definition) is 2. The van der Waals surface area contributed by atoms with Gasteiger partial charge in [-0.15, -0.1) is 6.42 Å². The Morgan fingerprint density at radius 1 is 1.38 bits per heavy atom. The van der Waals surface area contributed by atoms with Crippen LogP contribution >= 0.6 is 0 Å². The number of nitrogens with one attached hydrogen (secondary N) is 1. The number of alkyl halides is 1. The highest BCUT2D eigenvalue weighted by Gasteiger charge is 2.61. The van der Waals surface area contributed by atoms with Crippen LogP contribution in [0.1, 0.15) is 33.9 Å². The molecule has 0 spiro atoms. The Morgan fingerprint density at radius 3 is 2.62 bits per heavy atom. The van der Waals surface area contributed by atoms with E-state index in [9.17, 15) is 14.4 Å². The van der Waals surface area contributed by atoms with E-state index in [0.29, 0.717) is 0 Å². The molecule has 32 heavy (non-hydrogen) atoms. The van der Waals surface area contributed by atoms with E-state index in [-0.39, 0.29) is 17.1 Å². The standard InChI is InChI=1S/C20H24FN5O6/c1-6-20(21)13(32-17(29)10(4)5)11(7-30-16(28)9(2)3)31-18(20)26-8-23-12-14(26)24-19(22)25-15(12)27/h1,8-11,13,18H,7H2,2-5H3,(H3,22,24,25,27)/t11-,13-,18-,20-/m1/s1. The van der Waals surface area contributed by atoms with Crippen molar-refractivity contribution in [2.75, 3.05) is 12.3 Å². The SMILES string of the molecule is C#C[C@@]1(F)[C@H](OC(=O)C(C)C)[C@@H](COC(=O)C(C)C)O[C@H]1n1cnc2c(=O)[nH]c(N)nc21. The molecule has 12 heteroatoms. The van der Waals surface area contributed by atoms with Crippen LogP contribution in [0.25, 0.3) is 11.2 Å². The van der Waals surface area contributed by atoms with Gasteiger partial charge in [-0.2, -0.15) is 4.98 Å². The first-order chi connectivity index (χ1) is 15.0. The van der Waals surface area contributed by atoms with Crippen molar-refractivity contribution in [3.63, 3.8) is 0 Å². The number of carbonyl (C=O) groups is 2. The van der Waals surface area contributed by atoms with E-state index < -0.39 is 60.0 Å². The lowest BCUT2D eigenvalue weighted by atomic mass is 9.96. The summed E-state index contributed by atoms with van der Waals surface area (Å²) in [4.78, 5) is 46.5. The summed E-state index contributed by atoms with van der Waals surface area (Å²) in [5.41, 5.74) is 2.06. The fourth-order valence-electron chi connectivity index (χ4n) is 3.16. The molecular formula is C20H24FN5O6. The third-order valence-electron chi connectivity index (χ3n) is 4.92. The normalized spacial score (nSPS) is 25.2. The highest BCUT2D eigenvalue weighted by molar-refractivity contribution is 5.73. The molecule has 3 rings (SSSR count). The summed E-state index contributed by atoms with van der Waals surface area (Å²) in [5.74, 6) is -0.509. The van der Waals surface area contributed by atoms with Crippen LogP contribution in [0.2, 0.25) is 0 Å². The summed E-state index contributed by atoms with van der Waals surface area (Å²) in [6, 6.07) is 0. The van der Waals surface area contributed by atoms with Gasteiger partial charge in [-0.3, -0.25) is 23.9 Å². The highest BCUT2D eigenvalue weighted by atomic mass is 19.1. The smallest absolute Gasteiger partial charge is 0.308 e. The summed E-state index contributed by atoms with van der Waals surface area (Å²) in [6.45, 7) is 5.98. The first kappa shape index (κ1) is 23.2. The first-order valence-corrected chi connectivity index (χ1v) is 9.91. The molecule has 0 amide bonds. The molecule has 0 radical (unpaired) electrons. The third-order valence-corrected chi connectivity index (χ3v) is 4.92. The maximum Gasteiger partial charge on any atom is 0.308 e. The fraction of sp³-hybridized carbons (Fsp3) is 0.550. The number of rotatable bonds is 6. The molecule has 1 aliphatic rings. The second kappa shape index (κ2) is 8.58. The summed E-state index contributed by atoms with van der Waals surface area (Å²) in [6.07, 6.45) is 2.21. The number of aromatic nitrogens is 4. The number of aromatic amines is 1. The number of imidazole rings is 1. The number of carbonyl (C=O) groups excluding carboxylic acids is 2. The summed E-state index contributed by atoms with van der Waals surface area (Å²) in [5, 5.41) is 0. The maximum atomic E-state index is 16.2. The Labute approximate surface area is 182 Å². The van der Waals surface area contributed by atoms with Gasteiger partial charge in [-0.25, -0.2) is 9.37 Å². The zero-order chi connectivity index (χ0) is 23.8. The Bertz CT molecular complexity index is 1140. The van der Waals surface area contributed by atoms with E-state index in [2.05, 4.69) is 15.0 Å². The van der Waals surface area contributed by atoms with Gasteiger partial charge in [-0.1, -0.05) is 33.6 Å². The van der Waals surface area contributed by atoms with Crippen molar-refractivity contribution in [1.29, 1.82) is 0 Å². The summed E-state index contributed by atoms with van der Waals surface area (Å²) < 4.78 is 33.7. The largest absolute Gasteiger partial charge is 0.463 e. The first-order valence-electron chi connectivity index (χ1n) is 9.91. The van der Waals surface area contributed by atoms with Gasteiger partial charge in [0.25, 0.3) is 11.2 Å². The van der Waals surface area contributed by atoms with Crippen LogP contribution < -0.4 is 11.3 Å². The number of hydrogen-bond acceptors (Lipinski definition) is 9. The quantitative estimate of drug-likeness (QED) is 0.480. The van der Waals surface area contributed by atoms with Gasteiger partial charge in [-0.05, 0) is 0 Å². The van der Waals surface area contributed by atoms with Crippen molar-refractivity contribution >= 4 is 29.1 Å². The predicted molar refractivity (Wildman–Crippen MR) is 110 cm³/mol. The zero-order valence-electron chi connectivity index (χ0n) is 18.0. The Hall–Kier alpha value is -3.46. The summed E-state index contributed by atoms with van der Waals surface area (Å²) >= 11 is 0. The van der Waals surface area contributed by atoms with Gasteiger partial charge >= 0.3 is 11.9 Å². The van der Waals surface area contributed by atoms with Crippen LogP contribution in [0.3, 0.4) is 0 Å². The molecular weight excluding hydrogens is 425 g/mol. The van der Waals surface area contributed by atoms with Crippen LogP contribution in [-0.4, -0.2) is 55.9 Å². The van der Waals surface area contributed by atoms with Crippen molar-refractivity contribution in [3.05, 3.63) is 16.7 Å². The van der Waals surface area contributed by atoms with Crippen molar-refractivity contribution in [3.8, 4) is 12.3 Å². The van der Waals surface area contributed by atoms with Crippen LogP contribution in [0.15, 0.2) is 11.1 Å². The van der Waals surface area contributed by atoms with Crippen LogP contribution in [-0.2, 0) is 23.8 Å². The minimum absolute atomic E-state index is 0.0812. The number of halogens is 1. The molecule has 4 atom stereocenters. The lowest BCUT2D eigenvalue weighted by Gasteiger charge is -2.27.